The topological polar surface area (TPSA) is 20.3 Å². The van der Waals surface area contributed by atoms with Gasteiger partial charge in [-0.05, 0) is 27.4 Å². The molecule has 1 unspecified atom stereocenters. The molecule has 0 saturated heterocycles. The van der Waals surface area contributed by atoms with Gasteiger partial charge in [-0.2, -0.15) is 0 Å². The van der Waals surface area contributed by atoms with Gasteiger partial charge in [0.15, 0.2) is 0 Å². The number of allylic oxidation sites excluding steroid dienone is 1. The first-order valence-electron chi connectivity index (χ1n) is 4.34. The fraction of sp³-hybridized carbons (Fsp3) is 0.700. The lowest BCUT2D eigenvalue weighted by molar-refractivity contribution is -0.120. The summed E-state index contributed by atoms with van der Waals surface area (Å²) in [6.45, 7) is 4.55. The van der Waals surface area contributed by atoms with E-state index < -0.39 is 0 Å². The number of ketones is 1. The Kier molecular flexibility index (Phi) is 5.64. The molecule has 0 aliphatic rings. The van der Waals surface area contributed by atoms with Crippen LogP contribution < -0.4 is 0 Å². The van der Waals surface area contributed by atoms with E-state index in [1.165, 1.54) is 0 Å². The molecule has 0 aromatic carbocycles. The Balaban J connectivity index is 3.53. The van der Waals surface area contributed by atoms with Crippen molar-refractivity contribution in [3.63, 3.8) is 0 Å². The number of carbonyl (C=O) groups excluding carboxylic acids is 1. The second-order valence-electron chi connectivity index (χ2n) is 3.48. The zero-order valence-corrected chi connectivity index (χ0v) is 8.50. The first-order chi connectivity index (χ1) is 5.54. The van der Waals surface area contributed by atoms with Gasteiger partial charge in [0.05, 0.1) is 0 Å². The van der Waals surface area contributed by atoms with Gasteiger partial charge in [0.25, 0.3) is 0 Å². The van der Waals surface area contributed by atoms with Crippen LogP contribution in [0.4, 0.5) is 0 Å². The third-order valence-corrected chi connectivity index (χ3v) is 1.82. The normalized spacial score (nSPS) is 14.1. The zero-order chi connectivity index (χ0) is 9.56. The molecule has 0 heterocycles. The first-order valence-corrected chi connectivity index (χ1v) is 4.34. The molecule has 2 nitrogen and oxygen atoms in total. The summed E-state index contributed by atoms with van der Waals surface area (Å²) in [7, 11) is 4.05. The van der Waals surface area contributed by atoms with Crippen molar-refractivity contribution in [2.24, 2.45) is 5.92 Å². The van der Waals surface area contributed by atoms with Crippen LogP contribution >= 0.6 is 0 Å². The van der Waals surface area contributed by atoms with Crippen LogP contribution in [0.1, 0.15) is 20.3 Å². The fourth-order valence-electron chi connectivity index (χ4n) is 0.752. The number of likely N-dealkylation sites (N-methyl/N-ethyl adjacent to an activating group) is 1. The summed E-state index contributed by atoms with van der Waals surface area (Å²) in [6, 6.07) is 0. The summed E-state index contributed by atoms with van der Waals surface area (Å²) >= 11 is 0. The predicted octanol–water partition coefficient (Wildman–Crippen LogP) is 1.72. The molecule has 0 aliphatic carbocycles. The van der Waals surface area contributed by atoms with Crippen LogP contribution in [0.15, 0.2) is 12.2 Å². The SMILES string of the molecule is CC(=O)C(C)C/C=C/CN(C)C. The van der Waals surface area contributed by atoms with Gasteiger partial charge in [0.1, 0.15) is 5.78 Å². The number of hydrogen-bond donors (Lipinski definition) is 0. The Morgan fingerprint density at radius 2 is 2.00 bits per heavy atom. The van der Waals surface area contributed by atoms with Crippen molar-refractivity contribution < 1.29 is 4.79 Å². The number of nitrogens with zero attached hydrogens (tertiary/aromatic N) is 1. The molecule has 70 valence electrons. The molecule has 1 atom stereocenters. The number of carbonyl (C=O) groups is 1. The number of hydrogen-bond acceptors (Lipinski definition) is 2. The van der Waals surface area contributed by atoms with Crippen molar-refractivity contribution in [1.82, 2.24) is 4.90 Å². The average molecular weight is 169 g/mol. The number of rotatable bonds is 5. The second kappa shape index (κ2) is 5.95. The maximum Gasteiger partial charge on any atom is 0.132 e. The third-order valence-electron chi connectivity index (χ3n) is 1.82. The van der Waals surface area contributed by atoms with Gasteiger partial charge in [0.2, 0.25) is 0 Å². The van der Waals surface area contributed by atoms with Crippen molar-refractivity contribution in [2.45, 2.75) is 20.3 Å². The van der Waals surface area contributed by atoms with Crippen LogP contribution in [0, 0.1) is 5.92 Å². The van der Waals surface area contributed by atoms with Crippen LogP contribution in [0.5, 0.6) is 0 Å². The highest BCUT2D eigenvalue weighted by atomic mass is 16.1. The Labute approximate surface area is 75.3 Å². The van der Waals surface area contributed by atoms with Gasteiger partial charge < -0.3 is 4.90 Å². The van der Waals surface area contributed by atoms with Gasteiger partial charge in [-0.15, -0.1) is 0 Å². The van der Waals surface area contributed by atoms with Gasteiger partial charge in [0, 0.05) is 12.5 Å². The lowest BCUT2D eigenvalue weighted by atomic mass is 10.0. The Hall–Kier alpha value is -0.630. The summed E-state index contributed by atoms with van der Waals surface area (Å²) in [5, 5.41) is 0. The lowest BCUT2D eigenvalue weighted by Gasteiger charge is -2.05. The maximum absolute atomic E-state index is 10.8. The lowest BCUT2D eigenvalue weighted by Crippen LogP contribution is -2.10. The number of Topliss-reactive ketones (excluding diaryl/α,β-unsaturated/α-hetero) is 1. The van der Waals surface area contributed by atoms with Crippen LogP contribution in [-0.2, 0) is 4.79 Å². The van der Waals surface area contributed by atoms with E-state index in [0.717, 1.165) is 13.0 Å². The van der Waals surface area contributed by atoms with E-state index in [4.69, 9.17) is 0 Å². The molecule has 0 fully saturated rings. The minimum atomic E-state index is 0.170. The molecule has 0 saturated carbocycles. The average Bonchev–Trinajstić information content (AvgIpc) is 1.97. The minimum Gasteiger partial charge on any atom is -0.306 e. The third kappa shape index (κ3) is 6.10. The van der Waals surface area contributed by atoms with Crippen molar-refractivity contribution >= 4 is 5.78 Å². The van der Waals surface area contributed by atoms with E-state index >= 15 is 0 Å². The minimum absolute atomic E-state index is 0.170. The highest BCUT2D eigenvalue weighted by molar-refractivity contribution is 5.77. The summed E-state index contributed by atoms with van der Waals surface area (Å²) < 4.78 is 0. The fourth-order valence-corrected chi connectivity index (χ4v) is 0.752. The van der Waals surface area contributed by atoms with E-state index in [2.05, 4.69) is 17.1 Å². The second-order valence-corrected chi connectivity index (χ2v) is 3.48. The first kappa shape index (κ1) is 11.4. The molecular weight excluding hydrogens is 150 g/mol. The molecular formula is C10H19NO. The highest BCUT2D eigenvalue weighted by Crippen LogP contribution is 2.03. The van der Waals surface area contributed by atoms with E-state index in [9.17, 15) is 4.79 Å². The Morgan fingerprint density at radius 1 is 1.42 bits per heavy atom. The van der Waals surface area contributed by atoms with Gasteiger partial charge in [-0.25, -0.2) is 0 Å². The van der Waals surface area contributed by atoms with Crippen molar-refractivity contribution in [3.8, 4) is 0 Å². The van der Waals surface area contributed by atoms with Crippen LogP contribution in [0.2, 0.25) is 0 Å². The Bertz CT molecular complexity index is 161. The largest absolute Gasteiger partial charge is 0.306 e. The van der Waals surface area contributed by atoms with Crippen LogP contribution in [0.3, 0.4) is 0 Å². The van der Waals surface area contributed by atoms with Crippen LogP contribution in [-0.4, -0.2) is 31.3 Å². The highest BCUT2D eigenvalue weighted by Gasteiger charge is 2.03. The van der Waals surface area contributed by atoms with Gasteiger partial charge >= 0.3 is 0 Å². The van der Waals surface area contributed by atoms with E-state index in [1.54, 1.807) is 6.92 Å². The predicted molar refractivity (Wildman–Crippen MR) is 52.2 cm³/mol. The molecule has 0 radical (unpaired) electrons. The van der Waals surface area contributed by atoms with Gasteiger partial charge in [-0.1, -0.05) is 19.1 Å². The summed E-state index contributed by atoms with van der Waals surface area (Å²) in [4.78, 5) is 12.9. The summed E-state index contributed by atoms with van der Waals surface area (Å²) in [6.07, 6.45) is 5.04. The molecule has 0 N–H and O–H groups in total. The van der Waals surface area contributed by atoms with Crippen molar-refractivity contribution in [1.29, 1.82) is 0 Å². The zero-order valence-electron chi connectivity index (χ0n) is 8.50. The molecule has 0 aliphatic heterocycles. The van der Waals surface area contributed by atoms with Gasteiger partial charge in [-0.3, -0.25) is 4.79 Å². The molecule has 12 heavy (non-hydrogen) atoms. The molecule has 0 bridgehead atoms. The van der Waals surface area contributed by atoms with Crippen LogP contribution in [0.25, 0.3) is 0 Å². The summed E-state index contributed by atoms with van der Waals surface area (Å²) in [5.41, 5.74) is 0. The molecule has 0 amide bonds. The Morgan fingerprint density at radius 3 is 2.42 bits per heavy atom. The standard InChI is InChI=1S/C10H19NO/c1-9(10(2)12)7-5-6-8-11(3)4/h5-6,9H,7-8H2,1-4H3/b6-5+. The van der Waals surface area contributed by atoms with E-state index in [0.29, 0.717) is 0 Å². The molecule has 0 spiro atoms. The monoisotopic (exact) mass is 169 g/mol. The maximum atomic E-state index is 10.8. The molecule has 2 heteroatoms. The van der Waals surface area contributed by atoms with Crippen molar-refractivity contribution in [2.75, 3.05) is 20.6 Å². The van der Waals surface area contributed by atoms with E-state index in [-0.39, 0.29) is 11.7 Å². The molecule has 0 aromatic rings. The molecule has 0 aromatic heterocycles. The van der Waals surface area contributed by atoms with Crippen molar-refractivity contribution in [3.05, 3.63) is 12.2 Å². The smallest absolute Gasteiger partial charge is 0.132 e. The quantitative estimate of drug-likeness (QED) is 0.584. The molecule has 0 rings (SSSR count). The van der Waals surface area contributed by atoms with E-state index in [1.807, 2.05) is 21.0 Å². The summed E-state index contributed by atoms with van der Waals surface area (Å²) in [5.74, 6) is 0.438.